The van der Waals surface area contributed by atoms with Crippen molar-refractivity contribution in [3.05, 3.63) is 92.7 Å². The number of thioether (sulfide) groups is 1. The summed E-state index contributed by atoms with van der Waals surface area (Å²) < 4.78 is 5.47. The van der Waals surface area contributed by atoms with Gasteiger partial charge in [0.05, 0.1) is 30.3 Å². The smallest absolute Gasteiger partial charge is 0.338 e. The summed E-state index contributed by atoms with van der Waals surface area (Å²) >= 11 is 1.51. The van der Waals surface area contributed by atoms with Gasteiger partial charge in [-0.3, -0.25) is 4.79 Å². The van der Waals surface area contributed by atoms with Gasteiger partial charge in [0.15, 0.2) is 5.17 Å². The van der Waals surface area contributed by atoms with E-state index >= 15 is 0 Å². The number of amides is 1. The molecule has 3 aliphatic heterocycles. The fraction of sp³-hybridized carbons (Fsp3) is 0.345. The summed E-state index contributed by atoms with van der Waals surface area (Å²) in [6.45, 7) is 9.43. The highest BCUT2D eigenvalue weighted by Crippen LogP contribution is 2.45. The van der Waals surface area contributed by atoms with Crippen LogP contribution in [0.1, 0.15) is 54.1 Å². The fourth-order valence-corrected chi connectivity index (χ4v) is 6.21. The Morgan fingerprint density at radius 1 is 1.11 bits per heavy atom. The van der Waals surface area contributed by atoms with Crippen molar-refractivity contribution < 1.29 is 14.3 Å². The number of allylic oxidation sites excluding steroid dienone is 1. The van der Waals surface area contributed by atoms with Crippen molar-refractivity contribution in [1.29, 1.82) is 0 Å². The lowest BCUT2D eigenvalue weighted by molar-refractivity contribution is -0.139. The fourth-order valence-electron chi connectivity index (χ4n) is 5.24. The van der Waals surface area contributed by atoms with E-state index in [1.165, 1.54) is 22.9 Å². The molecular weight excluding hydrogens is 470 g/mol. The molecule has 0 fully saturated rings. The van der Waals surface area contributed by atoms with Crippen LogP contribution in [0.3, 0.4) is 0 Å². The number of carbonyl (C=O) groups is 2. The van der Waals surface area contributed by atoms with Crippen LogP contribution in [-0.4, -0.2) is 40.0 Å². The van der Waals surface area contributed by atoms with Crippen LogP contribution in [0.25, 0.3) is 0 Å². The highest BCUT2D eigenvalue weighted by atomic mass is 32.2. The number of aliphatic imine (C=N–C) groups is 1. The second-order valence-electron chi connectivity index (χ2n) is 9.48. The van der Waals surface area contributed by atoms with Crippen molar-refractivity contribution in [3.8, 4) is 0 Å². The summed E-state index contributed by atoms with van der Waals surface area (Å²) in [7, 11) is 0. The van der Waals surface area contributed by atoms with E-state index in [2.05, 4.69) is 55.1 Å². The number of amidine groups is 1. The minimum atomic E-state index is -0.395. The maximum atomic E-state index is 13.5. The van der Waals surface area contributed by atoms with Crippen LogP contribution in [0.5, 0.6) is 0 Å². The van der Waals surface area contributed by atoms with Gasteiger partial charge in [0, 0.05) is 18.8 Å². The van der Waals surface area contributed by atoms with Gasteiger partial charge in [-0.2, -0.15) is 0 Å². The summed E-state index contributed by atoms with van der Waals surface area (Å²) in [6.07, 6.45) is 1.12. The van der Waals surface area contributed by atoms with E-state index in [4.69, 9.17) is 9.73 Å². The van der Waals surface area contributed by atoms with Crippen LogP contribution in [0.4, 0.5) is 0 Å². The highest BCUT2D eigenvalue weighted by molar-refractivity contribution is 8.16. The van der Waals surface area contributed by atoms with Gasteiger partial charge in [-0.1, -0.05) is 59.8 Å². The predicted octanol–water partition coefficient (Wildman–Crippen LogP) is 5.42. The SMILES string of the molecule is CCOC(=O)C1=C(C)N=C2SC=C(CC(=O)N3CCc4ccccc4C3)N2[C@@H]1c1ccc(C)cc1C. The number of nitrogens with zero attached hydrogens (tertiary/aromatic N) is 3. The van der Waals surface area contributed by atoms with Gasteiger partial charge in [-0.15, -0.1) is 0 Å². The molecule has 0 N–H and O–H groups in total. The lowest BCUT2D eigenvalue weighted by Crippen LogP contribution is -2.40. The Bertz CT molecular complexity index is 1330. The number of hydrogen-bond donors (Lipinski definition) is 0. The third-order valence-corrected chi connectivity index (χ3v) is 7.92. The number of benzene rings is 2. The first-order valence-corrected chi connectivity index (χ1v) is 13.3. The molecule has 2 aromatic carbocycles. The normalized spacial score (nSPS) is 18.9. The van der Waals surface area contributed by atoms with Crippen molar-refractivity contribution >= 4 is 28.8 Å². The summed E-state index contributed by atoms with van der Waals surface area (Å²) in [5.41, 5.74) is 7.84. The van der Waals surface area contributed by atoms with Crippen LogP contribution in [0, 0.1) is 13.8 Å². The molecular formula is C29H31N3O3S. The quantitative estimate of drug-likeness (QED) is 0.512. The summed E-state index contributed by atoms with van der Waals surface area (Å²) in [5, 5.41) is 2.80. The third kappa shape index (κ3) is 4.48. The molecule has 36 heavy (non-hydrogen) atoms. The molecule has 2 aromatic rings. The number of aryl methyl sites for hydroxylation is 2. The molecule has 1 amide bonds. The van der Waals surface area contributed by atoms with Gasteiger partial charge < -0.3 is 14.5 Å². The zero-order chi connectivity index (χ0) is 25.4. The second kappa shape index (κ2) is 9.97. The van der Waals surface area contributed by atoms with Crippen molar-refractivity contribution in [2.45, 2.75) is 53.1 Å². The van der Waals surface area contributed by atoms with Crippen molar-refractivity contribution in [3.63, 3.8) is 0 Å². The molecule has 0 saturated heterocycles. The summed E-state index contributed by atoms with van der Waals surface area (Å²) in [5.74, 6) is -0.279. The minimum absolute atomic E-state index is 0.0842. The number of ether oxygens (including phenoxy) is 1. The molecule has 7 heteroatoms. The number of fused-ring (bicyclic) bond motifs is 2. The molecule has 3 heterocycles. The molecule has 0 saturated carbocycles. The topological polar surface area (TPSA) is 62.2 Å². The standard InChI is InChI=1S/C29H31N3O3S/c1-5-35-28(34)26-20(4)30-29-32(27(26)24-11-10-18(2)14-19(24)3)23(17-36-29)15-25(33)31-13-12-21-8-6-7-9-22(21)16-31/h6-11,14,17,27H,5,12-13,15-16H2,1-4H3/t27-/m1/s1. The lowest BCUT2D eigenvalue weighted by Gasteiger charge is -2.37. The Hall–Kier alpha value is -3.32. The van der Waals surface area contributed by atoms with E-state index in [1.54, 1.807) is 0 Å². The Labute approximate surface area is 216 Å². The van der Waals surface area contributed by atoms with E-state index < -0.39 is 6.04 Å². The van der Waals surface area contributed by atoms with Crippen molar-refractivity contribution in [2.75, 3.05) is 13.2 Å². The number of rotatable bonds is 5. The van der Waals surface area contributed by atoms with Crippen LogP contribution in [0.2, 0.25) is 0 Å². The molecule has 1 atom stereocenters. The van der Waals surface area contributed by atoms with Crippen LogP contribution < -0.4 is 0 Å². The molecule has 0 radical (unpaired) electrons. The second-order valence-corrected chi connectivity index (χ2v) is 10.3. The van der Waals surface area contributed by atoms with Gasteiger partial charge in [0.1, 0.15) is 0 Å². The molecule has 186 valence electrons. The Morgan fingerprint density at radius 3 is 2.64 bits per heavy atom. The van der Waals surface area contributed by atoms with Gasteiger partial charge >= 0.3 is 5.97 Å². The lowest BCUT2D eigenvalue weighted by atomic mass is 9.90. The number of hydrogen-bond acceptors (Lipinski definition) is 6. The van der Waals surface area contributed by atoms with E-state index in [0.29, 0.717) is 24.4 Å². The molecule has 0 spiro atoms. The molecule has 0 unspecified atom stereocenters. The first kappa shape index (κ1) is 24.4. The molecule has 0 bridgehead atoms. The molecule has 0 aliphatic carbocycles. The number of carbonyl (C=O) groups excluding carboxylic acids is 2. The van der Waals surface area contributed by atoms with Gasteiger partial charge in [-0.05, 0) is 61.8 Å². The zero-order valence-electron chi connectivity index (χ0n) is 21.2. The predicted molar refractivity (Wildman–Crippen MR) is 143 cm³/mol. The maximum absolute atomic E-state index is 13.5. The van der Waals surface area contributed by atoms with Crippen LogP contribution in [0.15, 0.2) is 69.8 Å². The molecule has 5 rings (SSSR count). The largest absolute Gasteiger partial charge is 0.463 e. The average molecular weight is 502 g/mol. The minimum Gasteiger partial charge on any atom is -0.463 e. The zero-order valence-corrected chi connectivity index (χ0v) is 22.0. The molecule has 0 aromatic heterocycles. The first-order chi connectivity index (χ1) is 17.4. The highest BCUT2D eigenvalue weighted by Gasteiger charge is 2.42. The van der Waals surface area contributed by atoms with E-state index in [-0.39, 0.29) is 24.9 Å². The Morgan fingerprint density at radius 2 is 1.89 bits per heavy atom. The molecule has 3 aliphatic rings. The van der Waals surface area contributed by atoms with Crippen molar-refractivity contribution in [2.24, 2.45) is 4.99 Å². The number of esters is 1. The monoisotopic (exact) mass is 501 g/mol. The average Bonchev–Trinajstić information content (AvgIpc) is 3.25. The maximum Gasteiger partial charge on any atom is 0.338 e. The first-order valence-electron chi connectivity index (χ1n) is 12.4. The Kier molecular flexibility index (Phi) is 6.75. The van der Waals surface area contributed by atoms with E-state index in [9.17, 15) is 9.59 Å². The van der Waals surface area contributed by atoms with Crippen LogP contribution in [-0.2, 0) is 27.3 Å². The summed E-state index contributed by atoms with van der Waals surface area (Å²) in [4.78, 5) is 35.4. The Balaban J connectivity index is 1.47. The third-order valence-electron chi connectivity index (χ3n) is 7.03. The van der Waals surface area contributed by atoms with Gasteiger partial charge in [0.2, 0.25) is 5.91 Å². The van der Waals surface area contributed by atoms with Crippen molar-refractivity contribution in [1.82, 2.24) is 9.80 Å². The van der Waals surface area contributed by atoms with E-state index in [1.807, 2.05) is 30.2 Å². The van der Waals surface area contributed by atoms with E-state index in [0.717, 1.165) is 34.0 Å². The molecule has 6 nitrogen and oxygen atoms in total. The van der Waals surface area contributed by atoms with Crippen LogP contribution >= 0.6 is 11.8 Å². The summed E-state index contributed by atoms with van der Waals surface area (Å²) in [6, 6.07) is 14.2. The van der Waals surface area contributed by atoms with Gasteiger partial charge in [0.25, 0.3) is 0 Å². The van der Waals surface area contributed by atoms with Gasteiger partial charge in [-0.25, -0.2) is 9.79 Å².